The summed E-state index contributed by atoms with van der Waals surface area (Å²) in [5, 5.41) is 0. The Kier molecular flexibility index (Phi) is 52.6. The molecule has 0 saturated heterocycles. The summed E-state index contributed by atoms with van der Waals surface area (Å²) in [5.74, 6) is 0. The molecule has 0 spiro atoms. The van der Waals surface area contributed by atoms with Crippen molar-refractivity contribution >= 4 is 43.3 Å². The van der Waals surface area contributed by atoms with Crippen LogP contribution in [-0.2, 0) is 0 Å². The third-order valence-electron chi connectivity index (χ3n) is 0. The van der Waals surface area contributed by atoms with Crippen LogP contribution in [0.2, 0.25) is 0 Å². The first-order valence-electron chi connectivity index (χ1n) is 0.507. The van der Waals surface area contributed by atoms with Crippen LogP contribution in [0.5, 0.6) is 0 Å². The number of hydrogen-bond donors (Lipinski definition) is 0. The minimum absolute atomic E-state index is 0. The van der Waals surface area contributed by atoms with E-state index >= 15 is 0 Å². The second-order valence-corrected chi connectivity index (χ2v) is 11.6. The predicted molar refractivity (Wildman–Crippen MR) is 34.2 cm³/mol. The van der Waals surface area contributed by atoms with Gasteiger partial charge in [0.05, 0.1) is 0 Å². The normalized spacial score (nSPS) is 5.14. The summed E-state index contributed by atoms with van der Waals surface area (Å²) in [7, 11) is 15.0. The van der Waals surface area contributed by atoms with Crippen LogP contribution in [0.15, 0.2) is 0 Å². The predicted octanol–water partition coefficient (Wildman–Crippen LogP) is -0.786. The monoisotopic (exact) mass is 280 g/mol. The number of halogens is 3. The molecule has 0 heterocycles. The Hall–Kier alpha value is 1.57. The first kappa shape index (κ1) is 23.5. The van der Waals surface area contributed by atoms with Gasteiger partial charge in [-0.05, 0) is 0 Å². The van der Waals surface area contributed by atoms with Gasteiger partial charge in [-0.3, -0.25) is 0 Å². The molecular weight excluding hydrogens is 276 g/mol. The Balaban J connectivity index is -0.0000000150. The van der Waals surface area contributed by atoms with Gasteiger partial charge >= 0.3 is 43.3 Å². The van der Waals surface area contributed by atoms with Crippen molar-refractivity contribution in [2.24, 2.45) is 0 Å². The van der Waals surface area contributed by atoms with Gasteiger partial charge in [-0.2, -0.15) is 0 Å². The van der Waals surface area contributed by atoms with Gasteiger partial charge in [-0.25, -0.2) is 0 Å². The van der Waals surface area contributed by atoms with Crippen molar-refractivity contribution in [2.75, 3.05) is 0 Å². The molecule has 0 aliphatic rings. The Labute approximate surface area is 59.5 Å². The van der Waals surface area contributed by atoms with Crippen molar-refractivity contribution in [3.63, 3.8) is 0 Å². The maximum atomic E-state index is 4.99. The topological polar surface area (TPSA) is 94.5 Å². The zero-order chi connectivity index (χ0) is 3.58. The Morgan fingerprint density at radius 3 is 0.714 bits per heavy atom. The molecule has 0 saturated carbocycles. The van der Waals surface area contributed by atoms with E-state index in [1.54, 1.807) is 0 Å². The van der Waals surface area contributed by atoms with E-state index < -0.39 is 16.8 Å². The zero-order valence-corrected chi connectivity index (χ0v) is 7.90. The van der Waals surface area contributed by atoms with E-state index in [4.69, 9.17) is 26.5 Å². The fourth-order valence-electron chi connectivity index (χ4n) is 0. The molecule has 0 unspecified atom stereocenters. The second-order valence-electron chi connectivity index (χ2n) is 0.192. The summed E-state index contributed by atoms with van der Waals surface area (Å²) >= 11 is -2.03. The van der Waals surface area contributed by atoms with E-state index in [0.29, 0.717) is 0 Å². The summed E-state index contributed by atoms with van der Waals surface area (Å²) < 4.78 is 0. The van der Waals surface area contributed by atoms with E-state index in [1.807, 2.05) is 0 Å². The molecule has 0 aromatic carbocycles. The van der Waals surface area contributed by atoms with Crippen LogP contribution in [0.3, 0.4) is 0 Å². The van der Waals surface area contributed by atoms with Crippen molar-refractivity contribution < 1.29 is 16.4 Å². The first-order chi connectivity index (χ1) is 1.73. The third-order valence-corrected chi connectivity index (χ3v) is 0. The molecule has 0 aromatic heterocycles. The van der Waals surface area contributed by atoms with E-state index in [1.165, 1.54) is 0 Å². The van der Waals surface area contributed by atoms with E-state index in [-0.39, 0.29) is 16.4 Å². The standard InChI is InChI=1S/3ClH.3H2O.Sb/h3*1H;3*1H2;/q;;;;;;+3/p-3. The molecule has 6 N–H and O–H groups in total. The molecule has 0 fully saturated rings. The van der Waals surface area contributed by atoms with Gasteiger partial charge in [-0.15, -0.1) is 0 Å². The quantitative estimate of drug-likeness (QED) is 0.521. The van der Waals surface area contributed by atoms with Crippen molar-refractivity contribution in [3.05, 3.63) is 0 Å². The van der Waals surface area contributed by atoms with Crippen LogP contribution in [0.1, 0.15) is 0 Å². The van der Waals surface area contributed by atoms with Gasteiger partial charge in [0.2, 0.25) is 0 Å². The Morgan fingerprint density at radius 2 is 0.714 bits per heavy atom. The van der Waals surface area contributed by atoms with Gasteiger partial charge in [0, 0.05) is 0 Å². The van der Waals surface area contributed by atoms with Crippen molar-refractivity contribution in [2.45, 2.75) is 0 Å². The Bertz CT molecular complexity index is 14.9. The van der Waals surface area contributed by atoms with E-state index in [0.717, 1.165) is 0 Å². The van der Waals surface area contributed by atoms with Crippen molar-refractivity contribution in [3.8, 4) is 0 Å². The molecule has 0 rings (SSSR count). The van der Waals surface area contributed by atoms with Crippen molar-refractivity contribution in [1.29, 1.82) is 0 Å². The first-order valence-corrected chi connectivity index (χ1v) is 10.2. The van der Waals surface area contributed by atoms with Gasteiger partial charge in [-0.1, -0.05) is 0 Å². The summed E-state index contributed by atoms with van der Waals surface area (Å²) in [4.78, 5) is 0. The average molecular weight is 282 g/mol. The maximum absolute atomic E-state index is 4.99. The van der Waals surface area contributed by atoms with Gasteiger partial charge in [0.15, 0.2) is 0 Å². The second kappa shape index (κ2) is 15.6. The molecule has 3 nitrogen and oxygen atoms in total. The molecule has 0 radical (unpaired) electrons. The number of rotatable bonds is 0. The van der Waals surface area contributed by atoms with Crippen LogP contribution in [0.4, 0.5) is 0 Å². The minimum atomic E-state index is -2.03. The zero-order valence-electron chi connectivity index (χ0n) is 3.08. The molecule has 7 heteroatoms. The van der Waals surface area contributed by atoms with Crippen LogP contribution in [0, 0.1) is 0 Å². The molecule has 50 valence electrons. The SMILES string of the molecule is O.O.O.[Cl][Sb]([Cl])[Cl]. The summed E-state index contributed by atoms with van der Waals surface area (Å²) in [6.45, 7) is 0. The van der Waals surface area contributed by atoms with E-state index in [2.05, 4.69) is 0 Å². The third kappa shape index (κ3) is 95.4. The molecule has 0 amide bonds. The molecular formula is H6Cl3O3Sb. The fraction of sp³-hybridized carbons (Fsp3) is 0. The molecule has 0 aliphatic heterocycles. The molecule has 0 aliphatic carbocycles. The molecule has 0 atom stereocenters. The van der Waals surface area contributed by atoms with Crippen LogP contribution in [-0.4, -0.2) is 33.2 Å². The molecule has 7 heavy (non-hydrogen) atoms. The average Bonchev–Trinajstić information content (AvgIpc) is 0.811. The summed E-state index contributed by atoms with van der Waals surface area (Å²) in [6.07, 6.45) is 0. The van der Waals surface area contributed by atoms with Crippen molar-refractivity contribution in [1.82, 2.24) is 0 Å². The number of hydrogen-bond acceptors (Lipinski definition) is 0. The van der Waals surface area contributed by atoms with E-state index in [9.17, 15) is 0 Å². The summed E-state index contributed by atoms with van der Waals surface area (Å²) in [6, 6.07) is 0. The van der Waals surface area contributed by atoms with Gasteiger partial charge in [0.25, 0.3) is 0 Å². The van der Waals surface area contributed by atoms with Gasteiger partial charge < -0.3 is 16.4 Å². The van der Waals surface area contributed by atoms with Crippen LogP contribution < -0.4 is 0 Å². The molecule has 0 bridgehead atoms. The molecule has 0 aromatic rings. The summed E-state index contributed by atoms with van der Waals surface area (Å²) in [5.41, 5.74) is 0. The van der Waals surface area contributed by atoms with Gasteiger partial charge in [0.1, 0.15) is 0 Å². The van der Waals surface area contributed by atoms with Crippen LogP contribution in [0.25, 0.3) is 0 Å². The van der Waals surface area contributed by atoms with Crippen LogP contribution >= 0.6 is 26.5 Å². The fourth-order valence-corrected chi connectivity index (χ4v) is 0. The Morgan fingerprint density at radius 1 is 0.714 bits per heavy atom.